The van der Waals surface area contributed by atoms with E-state index in [1.807, 2.05) is 30.0 Å². The lowest BCUT2D eigenvalue weighted by atomic mass is 10.1. The molecule has 1 amide bonds. The molecule has 32 heavy (non-hydrogen) atoms. The van der Waals surface area contributed by atoms with Gasteiger partial charge in [0.15, 0.2) is 0 Å². The molecule has 1 aliphatic rings. The van der Waals surface area contributed by atoms with Gasteiger partial charge in [-0.25, -0.2) is 12.8 Å². The molecule has 1 saturated heterocycles. The SMILES string of the molecule is CCc1cccc(NC(=O)c2sccc2S(=O)(=O)N2CCN(c3ccc(F)cc3)CC2)c1. The van der Waals surface area contributed by atoms with Crippen LogP contribution in [-0.4, -0.2) is 44.8 Å². The molecule has 0 saturated carbocycles. The molecule has 1 N–H and O–H groups in total. The zero-order valence-corrected chi connectivity index (χ0v) is 19.3. The quantitative estimate of drug-likeness (QED) is 0.582. The Kier molecular flexibility index (Phi) is 6.59. The summed E-state index contributed by atoms with van der Waals surface area (Å²) < 4.78 is 41.2. The number of piperazine rings is 1. The van der Waals surface area contributed by atoms with Crippen molar-refractivity contribution in [3.63, 3.8) is 0 Å². The van der Waals surface area contributed by atoms with Crippen molar-refractivity contribution in [2.24, 2.45) is 0 Å². The highest BCUT2D eigenvalue weighted by Crippen LogP contribution is 2.28. The molecule has 4 rings (SSSR count). The van der Waals surface area contributed by atoms with Crippen molar-refractivity contribution in [3.05, 3.63) is 76.2 Å². The van der Waals surface area contributed by atoms with Gasteiger partial charge in [0.05, 0.1) is 0 Å². The maximum atomic E-state index is 13.3. The third-order valence-electron chi connectivity index (χ3n) is 5.48. The van der Waals surface area contributed by atoms with Crippen molar-refractivity contribution < 1.29 is 17.6 Å². The fraction of sp³-hybridized carbons (Fsp3) is 0.261. The Morgan fingerprint density at radius 2 is 1.78 bits per heavy atom. The number of sulfonamides is 1. The van der Waals surface area contributed by atoms with Crippen LogP contribution in [-0.2, 0) is 16.4 Å². The molecular formula is C23H24FN3O3S2. The standard InChI is InChI=1S/C23H24FN3O3S2/c1-2-17-4-3-5-19(16-17)25-23(28)22-21(10-15-31-22)32(29,30)27-13-11-26(12-14-27)20-8-6-18(24)7-9-20/h3-10,15-16H,2,11-14H2,1H3,(H,25,28). The first-order valence-electron chi connectivity index (χ1n) is 10.4. The molecule has 0 radical (unpaired) electrons. The monoisotopic (exact) mass is 473 g/mol. The number of amides is 1. The molecule has 0 bridgehead atoms. The number of carbonyl (C=O) groups excluding carboxylic acids is 1. The lowest BCUT2D eigenvalue weighted by molar-refractivity contribution is 0.102. The van der Waals surface area contributed by atoms with E-state index >= 15 is 0 Å². The first kappa shape index (κ1) is 22.4. The van der Waals surface area contributed by atoms with E-state index in [4.69, 9.17) is 0 Å². The number of halogens is 1. The molecule has 0 unspecified atom stereocenters. The number of benzene rings is 2. The first-order chi connectivity index (χ1) is 15.4. The van der Waals surface area contributed by atoms with Crippen LogP contribution in [0.5, 0.6) is 0 Å². The highest BCUT2D eigenvalue weighted by Gasteiger charge is 2.32. The van der Waals surface area contributed by atoms with Gasteiger partial charge in [0.1, 0.15) is 15.6 Å². The normalized spacial score (nSPS) is 15.0. The largest absolute Gasteiger partial charge is 0.369 e. The van der Waals surface area contributed by atoms with Gasteiger partial charge in [0.2, 0.25) is 10.0 Å². The van der Waals surface area contributed by atoms with Gasteiger partial charge < -0.3 is 10.2 Å². The summed E-state index contributed by atoms with van der Waals surface area (Å²) in [5.41, 5.74) is 2.58. The van der Waals surface area contributed by atoms with Crippen LogP contribution in [0.2, 0.25) is 0 Å². The van der Waals surface area contributed by atoms with Crippen LogP contribution < -0.4 is 10.2 Å². The van der Waals surface area contributed by atoms with Crippen LogP contribution in [0, 0.1) is 5.82 Å². The van der Waals surface area contributed by atoms with E-state index in [1.165, 1.54) is 22.5 Å². The fourth-order valence-electron chi connectivity index (χ4n) is 3.70. The van der Waals surface area contributed by atoms with Crippen molar-refractivity contribution in [2.45, 2.75) is 18.2 Å². The summed E-state index contributed by atoms with van der Waals surface area (Å²) in [4.78, 5) is 15.1. The third kappa shape index (κ3) is 4.69. The highest BCUT2D eigenvalue weighted by molar-refractivity contribution is 7.89. The van der Waals surface area contributed by atoms with Crippen molar-refractivity contribution >= 4 is 38.6 Å². The number of hydrogen-bond acceptors (Lipinski definition) is 5. The van der Waals surface area contributed by atoms with Gasteiger partial charge in [-0.15, -0.1) is 11.3 Å². The highest BCUT2D eigenvalue weighted by atomic mass is 32.2. The maximum absolute atomic E-state index is 13.3. The van der Waals surface area contributed by atoms with Crippen LogP contribution in [0.4, 0.5) is 15.8 Å². The Morgan fingerprint density at radius 1 is 1.06 bits per heavy atom. The van der Waals surface area contributed by atoms with Crippen LogP contribution in [0.3, 0.4) is 0 Å². The number of aryl methyl sites for hydroxylation is 1. The van der Waals surface area contributed by atoms with Crippen LogP contribution in [0.25, 0.3) is 0 Å². The molecule has 2 heterocycles. The Labute approximate surface area is 191 Å². The molecular weight excluding hydrogens is 449 g/mol. The molecule has 6 nitrogen and oxygen atoms in total. The minimum Gasteiger partial charge on any atom is -0.369 e. The summed E-state index contributed by atoms with van der Waals surface area (Å²) in [6, 6.07) is 15.2. The second-order valence-electron chi connectivity index (χ2n) is 7.49. The predicted octanol–water partition coefficient (Wildman–Crippen LogP) is 4.21. The molecule has 168 valence electrons. The molecule has 1 fully saturated rings. The summed E-state index contributed by atoms with van der Waals surface area (Å²) in [7, 11) is -3.82. The molecule has 1 aromatic heterocycles. The Balaban J connectivity index is 1.47. The summed E-state index contributed by atoms with van der Waals surface area (Å²) in [6.45, 7) is 3.58. The smallest absolute Gasteiger partial charge is 0.267 e. The average Bonchev–Trinajstić information content (AvgIpc) is 3.31. The first-order valence-corrected chi connectivity index (χ1v) is 12.7. The number of carbonyl (C=O) groups is 1. The van der Waals surface area contributed by atoms with Gasteiger partial charge >= 0.3 is 0 Å². The number of nitrogens with one attached hydrogen (secondary N) is 1. The van der Waals surface area contributed by atoms with E-state index < -0.39 is 15.9 Å². The number of thiophene rings is 1. The third-order valence-corrected chi connectivity index (χ3v) is 8.46. The van der Waals surface area contributed by atoms with E-state index in [9.17, 15) is 17.6 Å². The number of nitrogens with zero attached hydrogens (tertiary/aromatic N) is 2. The van der Waals surface area contributed by atoms with Crippen molar-refractivity contribution in [1.29, 1.82) is 0 Å². The van der Waals surface area contributed by atoms with Gasteiger partial charge in [0.25, 0.3) is 5.91 Å². The van der Waals surface area contributed by atoms with Gasteiger partial charge in [-0.2, -0.15) is 4.31 Å². The minimum absolute atomic E-state index is 0.0295. The molecule has 9 heteroatoms. The van der Waals surface area contributed by atoms with Crippen molar-refractivity contribution in [3.8, 4) is 0 Å². The maximum Gasteiger partial charge on any atom is 0.267 e. The molecule has 0 spiro atoms. The van der Waals surface area contributed by atoms with Crippen molar-refractivity contribution in [2.75, 3.05) is 36.4 Å². The number of anilines is 2. The molecule has 2 aromatic carbocycles. The molecule has 0 atom stereocenters. The fourth-order valence-corrected chi connectivity index (χ4v) is 6.42. The predicted molar refractivity (Wildman–Crippen MR) is 125 cm³/mol. The summed E-state index contributed by atoms with van der Waals surface area (Å²) in [6.07, 6.45) is 0.840. The van der Waals surface area contributed by atoms with E-state index in [1.54, 1.807) is 23.6 Å². The minimum atomic E-state index is -3.82. The van der Waals surface area contributed by atoms with E-state index in [0.29, 0.717) is 18.8 Å². The van der Waals surface area contributed by atoms with Gasteiger partial charge in [-0.05, 0) is 59.8 Å². The second-order valence-corrected chi connectivity index (χ2v) is 10.3. The Hall–Kier alpha value is -2.75. The van der Waals surface area contributed by atoms with Crippen LogP contribution in [0.15, 0.2) is 64.9 Å². The van der Waals surface area contributed by atoms with E-state index in [-0.39, 0.29) is 28.7 Å². The zero-order chi connectivity index (χ0) is 22.7. The summed E-state index contributed by atoms with van der Waals surface area (Å²) >= 11 is 1.11. The van der Waals surface area contributed by atoms with Gasteiger partial charge in [-0.3, -0.25) is 4.79 Å². The van der Waals surface area contributed by atoms with Crippen molar-refractivity contribution in [1.82, 2.24) is 4.31 Å². The summed E-state index contributed by atoms with van der Waals surface area (Å²) in [5, 5.41) is 4.44. The van der Waals surface area contributed by atoms with Gasteiger partial charge in [0, 0.05) is 37.6 Å². The number of rotatable bonds is 6. The van der Waals surface area contributed by atoms with Crippen LogP contribution in [0.1, 0.15) is 22.2 Å². The van der Waals surface area contributed by atoms with Crippen LogP contribution >= 0.6 is 11.3 Å². The molecule has 1 aliphatic heterocycles. The van der Waals surface area contributed by atoms with Gasteiger partial charge in [-0.1, -0.05) is 19.1 Å². The lowest BCUT2D eigenvalue weighted by Gasteiger charge is -2.35. The average molecular weight is 474 g/mol. The summed E-state index contributed by atoms with van der Waals surface area (Å²) in [5.74, 6) is -0.739. The zero-order valence-electron chi connectivity index (χ0n) is 17.6. The topological polar surface area (TPSA) is 69.7 Å². The molecule has 0 aliphatic carbocycles. The van der Waals surface area contributed by atoms with E-state index in [0.717, 1.165) is 29.0 Å². The lowest BCUT2D eigenvalue weighted by Crippen LogP contribution is -2.48. The van der Waals surface area contributed by atoms with E-state index in [2.05, 4.69) is 5.32 Å². The Bertz CT molecular complexity index is 1200. The Morgan fingerprint density at radius 3 is 2.47 bits per heavy atom. The number of hydrogen-bond donors (Lipinski definition) is 1. The second kappa shape index (κ2) is 9.40. The molecule has 3 aromatic rings.